The summed E-state index contributed by atoms with van der Waals surface area (Å²) in [6.07, 6.45) is 6.33. The van der Waals surface area contributed by atoms with Crippen LogP contribution >= 0.6 is 24.0 Å². The highest BCUT2D eigenvalue weighted by Gasteiger charge is 2.23. The molecule has 1 saturated carbocycles. The van der Waals surface area contributed by atoms with Crippen molar-refractivity contribution in [3.63, 3.8) is 0 Å². The molecule has 2 rings (SSSR count). The molecule has 1 aliphatic carbocycles. The summed E-state index contributed by atoms with van der Waals surface area (Å²) in [5, 5.41) is 0. The molecule has 6 heteroatoms. The zero-order chi connectivity index (χ0) is 10.8. The first-order chi connectivity index (χ1) is 7.20. The van der Waals surface area contributed by atoms with Crippen molar-refractivity contribution in [3.8, 4) is 0 Å². The Hall–Kier alpha value is -0.740. The minimum absolute atomic E-state index is 0. The van der Waals surface area contributed by atoms with E-state index in [2.05, 4.69) is 9.55 Å². The minimum atomic E-state index is -0.0716. The van der Waals surface area contributed by atoms with Crippen molar-refractivity contribution >= 4 is 29.9 Å². The Balaban J connectivity index is 0.00000128. The summed E-state index contributed by atoms with van der Waals surface area (Å²) < 4.78 is 2.12. The van der Waals surface area contributed by atoms with Gasteiger partial charge >= 0.3 is 0 Å². The van der Waals surface area contributed by atoms with Gasteiger partial charge in [0, 0.05) is 19.3 Å². The van der Waals surface area contributed by atoms with Crippen LogP contribution in [0.15, 0.2) is 12.5 Å². The van der Waals surface area contributed by atoms with Crippen LogP contribution in [0.5, 0.6) is 0 Å². The fourth-order valence-corrected chi connectivity index (χ4v) is 1.67. The second-order valence-electron chi connectivity index (χ2n) is 3.93. The quantitative estimate of drug-likeness (QED) is 0.778. The molecule has 1 aromatic heterocycles. The molecule has 0 aromatic carbocycles. The van der Waals surface area contributed by atoms with Gasteiger partial charge in [0.15, 0.2) is 0 Å². The Morgan fingerprint density at radius 1 is 1.69 bits per heavy atom. The highest BCUT2D eigenvalue weighted by molar-refractivity contribution is 6.27. The average Bonchev–Trinajstić information content (AvgIpc) is 2.99. The molecule has 1 fully saturated rings. The molecule has 90 valence electrons. The van der Waals surface area contributed by atoms with Gasteiger partial charge < -0.3 is 9.47 Å². The molecule has 0 saturated heterocycles. The average molecular weight is 264 g/mol. The van der Waals surface area contributed by atoms with Crippen molar-refractivity contribution in [1.29, 1.82) is 0 Å². The monoisotopic (exact) mass is 263 g/mol. The first-order valence-corrected chi connectivity index (χ1v) is 5.56. The van der Waals surface area contributed by atoms with Crippen molar-refractivity contribution in [3.05, 3.63) is 18.2 Å². The molecule has 1 aliphatic rings. The van der Waals surface area contributed by atoms with Gasteiger partial charge in [-0.1, -0.05) is 0 Å². The van der Waals surface area contributed by atoms with E-state index in [1.165, 1.54) is 12.8 Å². The van der Waals surface area contributed by atoms with Crippen molar-refractivity contribution in [2.45, 2.75) is 25.4 Å². The second kappa shape index (κ2) is 5.55. The van der Waals surface area contributed by atoms with Crippen molar-refractivity contribution in [1.82, 2.24) is 14.5 Å². The Kier molecular flexibility index (Phi) is 4.62. The first kappa shape index (κ1) is 13.3. The zero-order valence-corrected chi connectivity index (χ0v) is 10.7. The molecule has 0 atom stereocenters. The normalized spacial score (nSPS) is 14.4. The molecule has 16 heavy (non-hydrogen) atoms. The molecule has 0 radical (unpaired) electrons. The summed E-state index contributed by atoms with van der Waals surface area (Å²) in [5.74, 6) is -0.0440. The Labute approximate surface area is 106 Å². The molecule has 0 unspecified atom stereocenters. The number of hydrogen-bond donors (Lipinski definition) is 0. The summed E-state index contributed by atoms with van der Waals surface area (Å²) >= 11 is 5.46. The maximum Gasteiger partial charge on any atom is 0.237 e. The van der Waals surface area contributed by atoms with Crippen LogP contribution < -0.4 is 0 Å². The second-order valence-corrected chi connectivity index (χ2v) is 4.19. The van der Waals surface area contributed by atoms with Crippen LogP contribution in [-0.2, 0) is 11.3 Å². The van der Waals surface area contributed by atoms with Gasteiger partial charge in [0.1, 0.15) is 5.88 Å². The molecule has 1 heterocycles. The number of carbonyl (C=O) groups excluding carboxylic acids is 1. The predicted octanol–water partition coefficient (Wildman–Crippen LogP) is 1.84. The first-order valence-electron chi connectivity index (χ1n) is 5.03. The topological polar surface area (TPSA) is 38.1 Å². The molecule has 0 bridgehead atoms. The van der Waals surface area contributed by atoms with E-state index in [0.717, 1.165) is 5.69 Å². The van der Waals surface area contributed by atoms with E-state index in [1.54, 1.807) is 11.9 Å². The van der Waals surface area contributed by atoms with Crippen LogP contribution in [0.3, 0.4) is 0 Å². The van der Waals surface area contributed by atoms with Gasteiger partial charge in [-0.25, -0.2) is 4.98 Å². The standard InChI is InChI=1S/C10H14ClN3O.ClH/c1-13(10(15)4-11)5-8-6-14(7-12-8)9-2-3-9;/h6-7,9H,2-5H2,1H3;1H. The number of nitrogens with zero attached hydrogens (tertiary/aromatic N) is 3. The highest BCUT2D eigenvalue weighted by atomic mass is 35.5. The van der Waals surface area contributed by atoms with Crippen LogP contribution in [0.25, 0.3) is 0 Å². The third-order valence-corrected chi connectivity index (χ3v) is 2.79. The fourth-order valence-electron chi connectivity index (χ4n) is 1.47. The molecule has 4 nitrogen and oxygen atoms in total. The number of carbonyl (C=O) groups is 1. The van der Waals surface area contributed by atoms with Crippen LogP contribution in [0.4, 0.5) is 0 Å². The smallest absolute Gasteiger partial charge is 0.237 e. The van der Waals surface area contributed by atoms with E-state index >= 15 is 0 Å². The Morgan fingerprint density at radius 2 is 2.38 bits per heavy atom. The number of hydrogen-bond acceptors (Lipinski definition) is 2. The van der Waals surface area contributed by atoms with Gasteiger partial charge in [-0.15, -0.1) is 24.0 Å². The maximum absolute atomic E-state index is 11.2. The molecule has 0 N–H and O–H groups in total. The number of imidazole rings is 1. The van der Waals surface area contributed by atoms with E-state index in [1.807, 2.05) is 12.5 Å². The third-order valence-electron chi connectivity index (χ3n) is 2.56. The summed E-state index contributed by atoms with van der Waals surface area (Å²) in [6.45, 7) is 0.533. The van der Waals surface area contributed by atoms with E-state index < -0.39 is 0 Å². The van der Waals surface area contributed by atoms with Crippen molar-refractivity contribution in [2.24, 2.45) is 0 Å². The summed E-state index contributed by atoms with van der Waals surface area (Å²) in [6, 6.07) is 0.639. The van der Waals surface area contributed by atoms with Crippen LogP contribution in [-0.4, -0.2) is 33.3 Å². The van der Waals surface area contributed by atoms with Crippen LogP contribution in [0.2, 0.25) is 0 Å². The maximum atomic E-state index is 11.2. The van der Waals surface area contributed by atoms with Crippen LogP contribution in [0.1, 0.15) is 24.6 Å². The minimum Gasteiger partial charge on any atom is -0.339 e. The van der Waals surface area contributed by atoms with E-state index in [0.29, 0.717) is 12.6 Å². The van der Waals surface area contributed by atoms with E-state index in [9.17, 15) is 4.79 Å². The zero-order valence-electron chi connectivity index (χ0n) is 9.10. The Morgan fingerprint density at radius 3 is 2.94 bits per heavy atom. The van der Waals surface area contributed by atoms with Crippen molar-refractivity contribution < 1.29 is 4.79 Å². The van der Waals surface area contributed by atoms with Crippen molar-refractivity contribution in [2.75, 3.05) is 12.9 Å². The fraction of sp³-hybridized carbons (Fsp3) is 0.600. The lowest BCUT2D eigenvalue weighted by Gasteiger charge is -2.13. The molecule has 0 spiro atoms. The summed E-state index contributed by atoms with van der Waals surface area (Å²) in [7, 11) is 1.74. The van der Waals surface area contributed by atoms with E-state index in [4.69, 9.17) is 11.6 Å². The Bertz CT molecular complexity index is 363. The molecular formula is C10H15Cl2N3O. The predicted molar refractivity (Wildman–Crippen MR) is 64.9 cm³/mol. The molecule has 1 aromatic rings. The van der Waals surface area contributed by atoms with Gasteiger partial charge in [0.05, 0.1) is 18.6 Å². The number of aromatic nitrogens is 2. The molecule has 1 amide bonds. The van der Waals surface area contributed by atoms with Gasteiger partial charge in [-0.05, 0) is 12.8 Å². The lowest BCUT2D eigenvalue weighted by molar-refractivity contribution is -0.127. The van der Waals surface area contributed by atoms with Gasteiger partial charge in [-0.3, -0.25) is 4.79 Å². The number of alkyl halides is 1. The van der Waals surface area contributed by atoms with E-state index in [-0.39, 0.29) is 24.2 Å². The van der Waals surface area contributed by atoms with Crippen LogP contribution in [0, 0.1) is 0 Å². The van der Waals surface area contributed by atoms with Gasteiger partial charge in [0.25, 0.3) is 0 Å². The largest absolute Gasteiger partial charge is 0.339 e. The summed E-state index contributed by atoms with van der Waals surface area (Å²) in [5.41, 5.74) is 0.919. The summed E-state index contributed by atoms with van der Waals surface area (Å²) in [4.78, 5) is 17.1. The lowest BCUT2D eigenvalue weighted by atomic mass is 10.4. The number of amides is 1. The molecular weight excluding hydrogens is 249 g/mol. The SMILES string of the molecule is CN(Cc1cn(C2CC2)cn1)C(=O)CCl.Cl. The van der Waals surface area contributed by atoms with Gasteiger partial charge in [0.2, 0.25) is 5.91 Å². The highest BCUT2D eigenvalue weighted by Crippen LogP contribution is 2.34. The number of rotatable bonds is 4. The third kappa shape index (κ3) is 3.12. The number of halogens is 2. The lowest BCUT2D eigenvalue weighted by Crippen LogP contribution is -2.27. The van der Waals surface area contributed by atoms with Gasteiger partial charge in [-0.2, -0.15) is 0 Å². The molecule has 0 aliphatic heterocycles.